The van der Waals surface area contributed by atoms with Crippen molar-refractivity contribution in [3.05, 3.63) is 23.8 Å². The Labute approximate surface area is 59.3 Å². The van der Waals surface area contributed by atoms with E-state index in [0.717, 1.165) is 4.73 Å². The molecule has 0 atom stereocenters. The normalized spacial score (nSPS) is 9.40. The summed E-state index contributed by atoms with van der Waals surface area (Å²) >= 11 is 0. The van der Waals surface area contributed by atoms with Gasteiger partial charge in [0, 0.05) is 14.1 Å². The van der Waals surface area contributed by atoms with E-state index in [1.54, 1.807) is 4.90 Å². The molecule has 0 amide bonds. The summed E-state index contributed by atoms with van der Waals surface area (Å²) in [6, 6.07) is 0. The molecule has 0 aromatic carbocycles. The van der Waals surface area contributed by atoms with Gasteiger partial charge in [-0.15, -0.1) is 0 Å². The Kier molecular flexibility index (Phi) is 1.71. The number of nitrogens with zero attached hydrogens (tertiary/aromatic N) is 3. The minimum absolute atomic E-state index is 0.664. The molecule has 0 radical (unpaired) electrons. The molecule has 1 heterocycles. The lowest BCUT2D eigenvalue weighted by molar-refractivity contribution is -0.605. The van der Waals surface area contributed by atoms with Crippen LogP contribution in [-0.2, 0) is 0 Å². The third-order valence-electron chi connectivity index (χ3n) is 1.12. The van der Waals surface area contributed by atoms with Gasteiger partial charge in [-0.25, -0.2) is 4.98 Å². The molecule has 4 nitrogen and oxygen atoms in total. The summed E-state index contributed by atoms with van der Waals surface area (Å²) in [5.41, 5.74) is 0. The number of anilines is 1. The zero-order chi connectivity index (χ0) is 7.56. The topological polar surface area (TPSA) is 43.1 Å². The molecule has 0 unspecified atom stereocenters. The summed E-state index contributed by atoms with van der Waals surface area (Å²) in [6.07, 6.45) is 4.25. The molecule has 0 saturated carbocycles. The molecule has 1 aromatic heterocycles. The summed E-state index contributed by atoms with van der Waals surface area (Å²) in [6.45, 7) is 0. The summed E-state index contributed by atoms with van der Waals surface area (Å²) in [7, 11) is 3.67. The zero-order valence-corrected chi connectivity index (χ0v) is 5.98. The minimum Gasteiger partial charge on any atom is -0.619 e. The Morgan fingerprint density at radius 2 is 2.30 bits per heavy atom. The number of hydrogen-bond donors (Lipinski definition) is 0. The fourth-order valence-electron chi connectivity index (χ4n) is 0.597. The van der Waals surface area contributed by atoms with E-state index in [1.165, 1.54) is 18.6 Å². The second kappa shape index (κ2) is 2.51. The summed E-state index contributed by atoms with van der Waals surface area (Å²) < 4.78 is 0.725. The van der Waals surface area contributed by atoms with Crippen LogP contribution < -0.4 is 9.63 Å². The van der Waals surface area contributed by atoms with Gasteiger partial charge in [0.05, 0.1) is 6.20 Å². The average molecular weight is 139 g/mol. The van der Waals surface area contributed by atoms with E-state index >= 15 is 0 Å². The van der Waals surface area contributed by atoms with Crippen LogP contribution >= 0.6 is 0 Å². The maximum Gasteiger partial charge on any atom is 0.223 e. The summed E-state index contributed by atoms with van der Waals surface area (Å²) in [4.78, 5) is 5.72. The molecule has 4 heteroatoms. The highest BCUT2D eigenvalue weighted by molar-refractivity contribution is 5.30. The largest absolute Gasteiger partial charge is 0.619 e. The molecule has 54 valence electrons. The van der Waals surface area contributed by atoms with Gasteiger partial charge in [0.15, 0.2) is 12.0 Å². The fourth-order valence-corrected chi connectivity index (χ4v) is 0.597. The van der Waals surface area contributed by atoms with Crippen molar-refractivity contribution < 1.29 is 4.73 Å². The van der Waals surface area contributed by atoms with Gasteiger partial charge in [0.25, 0.3) is 0 Å². The molecule has 0 N–H and O–H groups in total. The van der Waals surface area contributed by atoms with Crippen LogP contribution in [0.5, 0.6) is 0 Å². The monoisotopic (exact) mass is 139 g/mol. The Bertz CT molecular complexity index is 224. The van der Waals surface area contributed by atoms with Gasteiger partial charge >= 0.3 is 0 Å². The molecule has 0 saturated heterocycles. The van der Waals surface area contributed by atoms with Crippen molar-refractivity contribution in [2.45, 2.75) is 0 Å². The van der Waals surface area contributed by atoms with Gasteiger partial charge in [0.1, 0.15) is 0 Å². The number of rotatable bonds is 1. The third-order valence-corrected chi connectivity index (χ3v) is 1.12. The summed E-state index contributed by atoms with van der Waals surface area (Å²) in [5, 5.41) is 10.6. The standard InChI is InChI=1S/C6H9N3O/c1-8(2)6-5-9(10)4-3-7-6/h3-5H,1-2H3. The second-order valence-electron chi connectivity index (χ2n) is 2.17. The Morgan fingerprint density at radius 1 is 1.60 bits per heavy atom. The molecule has 0 aliphatic heterocycles. The predicted octanol–water partition coefficient (Wildman–Crippen LogP) is -0.219. The Morgan fingerprint density at radius 3 is 2.70 bits per heavy atom. The minimum atomic E-state index is 0.664. The highest BCUT2D eigenvalue weighted by Gasteiger charge is 1.98. The van der Waals surface area contributed by atoms with E-state index in [9.17, 15) is 5.21 Å². The van der Waals surface area contributed by atoms with E-state index in [2.05, 4.69) is 4.98 Å². The van der Waals surface area contributed by atoms with Crippen LogP contribution in [0.15, 0.2) is 18.6 Å². The van der Waals surface area contributed by atoms with Crippen molar-refractivity contribution >= 4 is 5.82 Å². The number of aromatic nitrogens is 2. The molecule has 0 aliphatic carbocycles. The fraction of sp³-hybridized carbons (Fsp3) is 0.333. The van der Waals surface area contributed by atoms with Crippen LogP contribution in [0.2, 0.25) is 0 Å². The average Bonchev–Trinajstić information content (AvgIpc) is 1.88. The molecule has 1 rings (SSSR count). The quantitative estimate of drug-likeness (QED) is 0.399. The van der Waals surface area contributed by atoms with Crippen molar-refractivity contribution in [2.24, 2.45) is 0 Å². The van der Waals surface area contributed by atoms with Crippen LogP contribution in [0.25, 0.3) is 0 Å². The van der Waals surface area contributed by atoms with E-state index in [1.807, 2.05) is 14.1 Å². The van der Waals surface area contributed by atoms with Crippen LogP contribution in [0.4, 0.5) is 5.82 Å². The lowest BCUT2D eigenvalue weighted by Gasteiger charge is -2.08. The van der Waals surface area contributed by atoms with Gasteiger partial charge in [-0.1, -0.05) is 0 Å². The molecule has 1 aromatic rings. The molecule has 0 aliphatic rings. The van der Waals surface area contributed by atoms with Crippen molar-refractivity contribution in [3.8, 4) is 0 Å². The van der Waals surface area contributed by atoms with Crippen molar-refractivity contribution in [3.63, 3.8) is 0 Å². The van der Waals surface area contributed by atoms with Gasteiger partial charge < -0.3 is 10.1 Å². The molecule has 0 fully saturated rings. The zero-order valence-electron chi connectivity index (χ0n) is 5.98. The first kappa shape index (κ1) is 6.80. The van der Waals surface area contributed by atoms with Crippen LogP contribution in [0.3, 0.4) is 0 Å². The first-order valence-electron chi connectivity index (χ1n) is 2.92. The van der Waals surface area contributed by atoms with Crippen molar-refractivity contribution in [2.75, 3.05) is 19.0 Å². The lowest BCUT2D eigenvalue weighted by atomic mass is 10.6. The predicted molar refractivity (Wildman–Crippen MR) is 37.5 cm³/mol. The van der Waals surface area contributed by atoms with Crippen molar-refractivity contribution in [1.82, 2.24) is 4.98 Å². The van der Waals surface area contributed by atoms with Crippen LogP contribution in [-0.4, -0.2) is 19.1 Å². The van der Waals surface area contributed by atoms with E-state index < -0.39 is 0 Å². The highest BCUT2D eigenvalue weighted by Crippen LogP contribution is 1.98. The lowest BCUT2D eigenvalue weighted by Crippen LogP contribution is -2.27. The van der Waals surface area contributed by atoms with Gasteiger partial charge in [-0.3, -0.25) is 0 Å². The Balaban J connectivity index is 2.96. The van der Waals surface area contributed by atoms with Gasteiger partial charge in [-0.05, 0) is 0 Å². The first-order valence-corrected chi connectivity index (χ1v) is 2.92. The maximum absolute atomic E-state index is 10.6. The van der Waals surface area contributed by atoms with Crippen LogP contribution in [0, 0.1) is 5.21 Å². The molecule has 0 bridgehead atoms. The SMILES string of the molecule is CN(C)c1c[n+]([O-])ccn1. The first-order chi connectivity index (χ1) is 4.70. The van der Waals surface area contributed by atoms with Gasteiger partial charge in [0.2, 0.25) is 6.20 Å². The molecular formula is C6H9N3O. The number of hydrogen-bond acceptors (Lipinski definition) is 3. The van der Waals surface area contributed by atoms with Crippen LogP contribution in [0.1, 0.15) is 0 Å². The third kappa shape index (κ3) is 1.34. The maximum atomic E-state index is 10.6. The molecule has 0 spiro atoms. The molecule has 10 heavy (non-hydrogen) atoms. The van der Waals surface area contributed by atoms with E-state index in [4.69, 9.17) is 0 Å². The highest BCUT2D eigenvalue weighted by atomic mass is 16.5. The smallest absolute Gasteiger partial charge is 0.223 e. The van der Waals surface area contributed by atoms with E-state index in [-0.39, 0.29) is 0 Å². The van der Waals surface area contributed by atoms with Gasteiger partial charge in [-0.2, -0.15) is 4.73 Å². The van der Waals surface area contributed by atoms with E-state index in [0.29, 0.717) is 5.82 Å². The Hall–Kier alpha value is -1.32. The second-order valence-corrected chi connectivity index (χ2v) is 2.17. The molecular weight excluding hydrogens is 130 g/mol. The summed E-state index contributed by atoms with van der Waals surface area (Å²) in [5.74, 6) is 0.664. The van der Waals surface area contributed by atoms with Crippen molar-refractivity contribution in [1.29, 1.82) is 0 Å².